The standard InChI is InChI=1S/C12H12O5/c1-12(6-10(14)16-2)8-5-7(13)3-4-9(8)17-11(12)15/h3-5,13H,6H2,1-2H3. The maximum absolute atomic E-state index is 11.8. The topological polar surface area (TPSA) is 72.8 Å². The number of carbonyl (C=O) groups is 2. The van der Waals surface area contributed by atoms with Crippen LogP contribution in [0, 0.1) is 0 Å². The summed E-state index contributed by atoms with van der Waals surface area (Å²) < 4.78 is 9.63. The summed E-state index contributed by atoms with van der Waals surface area (Å²) in [7, 11) is 1.26. The number of phenols is 1. The molecule has 0 saturated carbocycles. The zero-order chi connectivity index (χ0) is 12.6. The van der Waals surface area contributed by atoms with Crippen LogP contribution in [0.4, 0.5) is 0 Å². The number of ether oxygens (including phenoxy) is 2. The molecular formula is C12H12O5. The normalized spacial score (nSPS) is 21.9. The summed E-state index contributed by atoms with van der Waals surface area (Å²) in [6.07, 6.45) is -0.112. The van der Waals surface area contributed by atoms with Crippen LogP contribution >= 0.6 is 0 Å². The Morgan fingerprint density at radius 2 is 2.24 bits per heavy atom. The molecule has 0 bridgehead atoms. The SMILES string of the molecule is COC(=O)CC1(C)C(=O)Oc2ccc(O)cc21. The summed E-state index contributed by atoms with van der Waals surface area (Å²) in [5.41, 5.74) is -0.589. The Morgan fingerprint density at radius 3 is 2.88 bits per heavy atom. The van der Waals surface area contributed by atoms with Crippen LogP contribution in [0.2, 0.25) is 0 Å². The van der Waals surface area contributed by atoms with Crippen molar-refractivity contribution >= 4 is 11.9 Å². The van der Waals surface area contributed by atoms with Gasteiger partial charge in [0.25, 0.3) is 0 Å². The lowest BCUT2D eigenvalue weighted by Gasteiger charge is -2.18. The summed E-state index contributed by atoms with van der Waals surface area (Å²) in [5, 5.41) is 9.42. The minimum atomic E-state index is -1.10. The number of aromatic hydroxyl groups is 1. The van der Waals surface area contributed by atoms with E-state index in [-0.39, 0.29) is 12.2 Å². The van der Waals surface area contributed by atoms with Crippen molar-refractivity contribution in [3.63, 3.8) is 0 Å². The molecule has 1 aromatic rings. The molecule has 0 fully saturated rings. The summed E-state index contributed by atoms with van der Waals surface area (Å²) in [4.78, 5) is 23.1. The van der Waals surface area contributed by atoms with Gasteiger partial charge in [-0.15, -0.1) is 0 Å². The summed E-state index contributed by atoms with van der Waals surface area (Å²) in [5.74, 6) is -0.610. The van der Waals surface area contributed by atoms with Crippen molar-refractivity contribution in [1.29, 1.82) is 0 Å². The number of esters is 2. The van der Waals surface area contributed by atoms with E-state index in [0.29, 0.717) is 11.3 Å². The van der Waals surface area contributed by atoms with E-state index in [1.54, 1.807) is 6.92 Å². The zero-order valence-electron chi connectivity index (χ0n) is 9.52. The molecule has 0 amide bonds. The molecule has 0 aliphatic carbocycles. The Balaban J connectivity index is 2.45. The molecule has 5 heteroatoms. The second-order valence-corrected chi connectivity index (χ2v) is 4.15. The third kappa shape index (κ3) is 1.73. The van der Waals surface area contributed by atoms with Gasteiger partial charge in [-0.1, -0.05) is 0 Å². The van der Waals surface area contributed by atoms with Gasteiger partial charge in [0.05, 0.1) is 13.5 Å². The summed E-state index contributed by atoms with van der Waals surface area (Å²) in [6.45, 7) is 1.59. The van der Waals surface area contributed by atoms with Crippen LogP contribution < -0.4 is 4.74 Å². The molecule has 1 unspecified atom stereocenters. The fourth-order valence-electron chi connectivity index (χ4n) is 1.89. The van der Waals surface area contributed by atoms with E-state index in [4.69, 9.17) is 4.74 Å². The number of methoxy groups -OCH3 is 1. The van der Waals surface area contributed by atoms with Gasteiger partial charge >= 0.3 is 11.9 Å². The van der Waals surface area contributed by atoms with Crippen molar-refractivity contribution in [2.45, 2.75) is 18.8 Å². The molecule has 0 radical (unpaired) electrons. The van der Waals surface area contributed by atoms with Crippen molar-refractivity contribution in [2.24, 2.45) is 0 Å². The number of rotatable bonds is 2. The number of benzene rings is 1. The Kier molecular flexibility index (Phi) is 2.53. The highest BCUT2D eigenvalue weighted by Gasteiger charge is 2.47. The molecule has 1 aliphatic rings. The number of fused-ring (bicyclic) bond motifs is 1. The van der Waals surface area contributed by atoms with Crippen molar-refractivity contribution in [3.05, 3.63) is 23.8 Å². The quantitative estimate of drug-likeness (QED) is 0.615. The molecule has 90 valence electrons. The van der Waals surface area contributed by atoms with Crippen LogP contribution in [0.3, 0.4) is 0 Å². The Hall–Kier alpha value is -2.04. The molecule has 0 spiro atoms. The first-order chi connectivity index (χ1) is 7.97. The van der Waals surface area contributed by atoms with Gasteiger partial charge in [-0.2, -0.15) is 0 Å². The molecule has 2 rings (SSSR count). The predicted octanol–water partition coefficient (Wildman–Crippen LogP) is 1.13. The maximum Gasteiger partial charge on any atom is 0.322 e. The van der Waals surface area contributed by atoms with E-state index < -0.39 is 17.4 Å². The average Bonchev–Trinajstić information content (AvgIpc) is 2.52. The zero-order valence-corrected chi connectivity index (χ0v) is 9.52. The van der Waals surface area contributed by atoms with Crippen LogP contribution in [0.25, 0.3) is 0 Å². The van der Waals surface area contributed by atoms with Crippen LogP contribution in [-0.4, -0.2) is 24.2 Å². The molecule has 1 heterocycles. The highest BCUT2D eigenvalue weighted by Crippen LogP contribution is 2.43. The lowest BCUT2D eigenvalue weighted by Crippen LogP contribution is -2.33. The molecule has 1 aliphatic heterocycles. The van der Waals surface area contributed by atoms with Crippen molar-refractivity contribution in [1.82, 2.24) is 0 Å². The van der Waals surface area contributed by atoms with Gasteiger partial charge in [0.2, 0.25) is 0 Å². The average molecular weight is 236 g/mol. The number of hydrogen-bond donors (Lipinski definition) is 1. The van der Waals surface area contributed by atoms with E-state index in [1.165, 1.54) is 25.3 Å². The van der Waals surface area contributed by atoms with Crippen LogP contribution in [0.15, 0.2) is 18.2 Å². The van der Waals surface area contributed by atoms with E-state index in [9.17, 15) is 14.7 Å². The lowest BCUT2D eigenvalue weighted by molar-refractivity contribution is -0.148. The summed E-state index contributed by atoms with van der Waals surface area (Å²) >= 11 is 0. The smallest absolute Gasteiger partial charge is 0.322 e. The maximum atomic E-state index is 11.8. The van der Waals surface area contributed by atoms with Crippen molar-refractivity contribution < 1.29 is 24.2 Å². The van der Waals surface area contributed by atoms with E-state index in [0.717, 1.165) is 0 Å². The molecule has 1 N–H and O–H groups in total. The third-order valence-electron chi connectivity index (χ3n) is 2.94. The van der Waals surface area contributed by atoms with Gasteiger partial charge in [-0.3, -0.25) is 9.59 Å². The molecule has 0 aromatic heterocycles. The first-order valence-corrected chi connectivity index (χ1v) is 5.10. The molecule has 0 saturated heterocycles. The highest BCUT2D eigenvalue weighted by molar-refractivity contribution is 5.94. The Labute approximate surface area is 98.0 Å². The van der Waals surface area contributed by atoms with Crippen LogP contribution in [0.1, 0.15) is 18.9 Å². The van der Waals surface area contributed by atoms with Gasteiger partial charge in [0.15, 0.2) is 0 Å². The second-order valence-electron chi connectivity index (χ2n) is 4.15. The van der Waals surface area contributed by atoms with Gasteiger partial charge in [0.1, 0.15) is 16.9 Å². The van der Waals surface area contributed by atoms with Crippen molar-refractivity contribution in [3.8, 4) is 11.5 Å². The number of carbonyl (C=O) groups excluding carboxylic acids is 2. The number of phenolic OH excluding ortho intramolecular Hbond substituents is 1. The second kappa shape index (κ2) is 3.76. The predicted molar refractivity (Wildman–Crippen MR) is 57.7 cm³/mol. The first-order valence-electron chi connectivity index (χ1n) is 5.10. The van der Waals surface area contributed by atoms with Crippen LogP contribution in [0.5, 0.6) is 11.5 Å². The Morgan fingerprint density at radius 1 is 1.53 bits per heavy atom. The minimum Gasteiger partial charge on any atom is -0.508 e. The van der Waals surface area contributed by atoms with Gasteiger partial charge in [-0.25, -0.2) is 0 Å². The van der Waals surface area contributed by atoms with Gasteiger partial charge in [-0.05, 0) is 25.1 Å². The third-order valence-corrected chi connectivity index (χ3v) is 2.94. The molecule has 5 nitrogen and oxygen atoms in total. The molecule has 1 aromatic carbocycles. The van der Waals surface area contributed by atoms with Gasteiger partial charge in [0, 0.05) is 5.56 Å². The first kappa shape index (κ1) is 11.4. The highest BCUT2D eigenvalue weighted by atomic mass is 16.5. The molecule has 17 heavy (non-hydrogen) atoms. The fourth-order valence-corrected chi connectivity index (χ4v) is 1.89. The van der Waals surface area contributed by atoms with Crippen molar-refractivity contribution in [2.75, 3.05) is 7.11 Å². The van der Waals surface area contributed by atoms with E-state index in [1.807, 2.05) is 0 Å². The largest absolute Gasteiger partial charge is 0.508 e. The Bertz CT molecular complexity index is 494. The molecular weight excluding hydrogens is 224 g/mol. The monoisotopic (exact) mass is 236 g/mol. The minimum absolute atomic E-state index is 0.0261. The summed E-state index contributed by atoms with van der Waals surface area (Å²) in [6, 6.07) is 4.37. The van der Waals surface area contributed by atoms with E-state index >= 15 is 0 Å². The van der Waals surface area contributed by atoms with Gasteiger partial charge < -0.3 is 14.6 Å². The fraction of sp³-hybridized carbons (Fsp3) is 0.333. The van der Waals surface area contributed by atoms with Crippen LogP contribution in [-0.2, 0) is 19.7 Å². The van der Waals surface area contributed by atoms with E-state index in [2.05, 4.69) is 4.74 Å². The lowest BCUT2D eigenvalue weighted by atomic mass is 9.81. The number of hydrogen-bond acceptors (Lipinski definition) is 5. The molecule has 1 atom stereocenters.